The van der Waals surface area contributed by atoms with Crippen LogP contribution in [-0.2, 0) is 9.53 Å². The van der Waals surface area contributed by atoms with Crippen molar-refractivity contribution in [1.29, 1.82) is 0 Å². The van der Waals surface area contributed by atoms with Crippen LogP contribution in [0.3, 0.4) is 0 Å². The average molecular weight is 240 g/mol. The summed E-state index contributed by atoms with van der Waals surface area (Å²) in [5.74, 6) is 0.149. The Morgan fingerprint density at radius 3 is 1.71 bits per heavy atom. The lowest BCUT2D eigenvalue weighted by Gasteiger charge is -2.18. The summed E-state index contributed by atoms with van der Waals surface area (Å²) in [7, 11) is 0. The molecule has 17 heavy (non-hydrogen) atoms. The van der Waals surface area contributed by atoms with E-state index in [9.17, 15) is 4.79 Å². The second-order valence-corrected chi connectivity index (χ2v) is 5.39. The molecule has 0 aromatic rings. The van der Waals surface area contributed by atoms with Crippen LogP contribution in [0.1, 0.15) is 77.6 Å². The molecule has 1 aliphatic rings. The first-order valence-corrected chi connectivity index (χ1v) is 7.40. The number of Topliss-reactive ketones (excluding diaryl/α,β-unsaturated/α-hetero) is 1. The molecule has 0 spiro atoms. The maximum atomic E-state index is 10.9. The highest BCUT2D eigenvalue weighted by molar-refractivity contribution is 5.76. The molecule has 0 unspecified atom stereocenters. The van der Waals surface area contributed by atoms with E-state index >= 15 is 0 Å². The molecule has 0 N–H and O–H groups in total. The predicted molar refractivity (Wildman–Crippen MR) is 71.2 cm³/mol. The van der Waals surface area contributed by atoms with Crippen LogP contribution >= 0.6 is 0 Å². The third-order valence-corrected chi connectivity index (χ3v) is 3.57. The number of ketones is 1. The number of hydrogen-bond donors (Lipinski definition) is 0. The first-order chi connectivity index (χ1) is 8.29. The Kier molecular flexibility index (Phi) is 8.33. The second-order valence-electron chi connectivity index (χ2n) is 5.39. The third-order valence-electron chi connectivity index (χ3n) is 3.57. The molecule has 1 fully saturated rings. The van der Waals surface area contributed by atoms with Gasteiger partial charge < -0.3 is 4.74 Å². The van der Waals surface area contributed by atoms with E-state index in [1.807, 2.05) is 0 Å². The summed E-state index contributed by atoms with van der Waals surface area (Å²) in [6.45, 7) is 1.92. The lowest BCUT2D eigenvalue weighted by Crippen LogP contribution is -2.17. The zero-order valence-corrected chi connectivity index (χ0v) is 11.4. The van der Waals surface area contributed by atoms with Crippen LogP contribution in [0.25, 0.3) is 0 Å². The predicted octanol–water partition coefficient (Wildman–Crippen LogP) is 4.27. The summed E-state index contributed by atoms with van der Waals surface area (Å²) < 4.78 is 5.70. The van der Waals surface area contributed by atoms with E-state index in [4.69, 9.17) is 4.74 Å². The van der Waals surface area contributed by atoms with Gasteiger partial charge in [-0.1, -0.05) is 57.8 Å². The fourth-order valence-electron chi connectivity index (χ4n) is 2.53. The van der Waals surface area contributed by atoms with Crippen molar-refractivity contribution in [2.75, 3.05) is 6.61 Å². The Balaban J connectivity index is 2.24. The summed E-state index contributed by atoms with van der Waals surface area (Å²) in [6, 6.07) is 0. The van der Waals surface area contributed by atoms with Crippen LogP contribution in [0.5, 0.6) is 0 Å². The van der Waals surface area contributed by atoms with Crippen LogP contribution < -0.4 is 0 Å². The van der Waals surface area contributed by atoms with Gasteiger partial charge in [-0.2, -0.15) is 0 Å². The minimum atomic E-state index is 0.149. The van der Waals surface area contributed by atoms with Gasteiger partial charge in [-0.05, 0) is 19.8 Å². The van der Waals surface area contributed by atoms with Crippen molar-refractivity contribution in [2.45, 2.75) is 83.7 Å². The highest BCUT2D eigenvalue weighted by Crippen LogP contribution is 2.18. The zero-order chi connectivity index (χ0) is 12.3. The molecule has 0 aliphatic heterocycles. The number of carbonyl (C=O) groups excluding carboxylic acids is 1. The molecule has 0 amide bonds. The smallest absolute Gasteiger partial charge is 0.155 e. The van der Waals surface area contributed by atoms with E-state index in [-0.39, 0.29) is 5.78 Å². The van der Waals surface area contributed by atoms with E-state index in [0.717, 1.165) is 12.8 Å². The van der Waals surface area contributed by atoms with Gasteiger partial charge in [-0.3, -0.25) is 4.79 Å². The summed E-state index contributed by atoms with van der Waals surface area (Å²) in [4.78, 5) is 10.9. The van der Waals surface area contributed by atoms with Crippen molar-refractivity contribution in [2.24, 2.45) is 0 Å². The van der Waals surface area contributed by atoms with Crippen molar-refractivity contribution in [3.63, 3.8) is 0 Å². The Morgan fingerprint density at radius 2 is 1.29 bits per heavy atom. The summed E-state index contributed by atoms with van der Waals surface area (Å²) in [5, 5.41) is 0. The molecule has 2 heteroatoms. The quantitative estimate of drug-likeness (QED) is 0.736. The van der Waals surface area contributed by atoms with Crippen LogP contribution in [0, 0.1) is 0 Å². The van der Waals surface area contributed by atoms with Gasteiger partial charge in [0.25, 0.3) is 0 Å². The number of carbonyl (C=O) groups is 1. The first kappa shape index (κ1) is 14.7. The maximum absolute atomic E-state index is 10.9. The molecule has 0 aromatic heterocycles. The van der Waals surface area contributed by atoms with E-state index in [0.29, 0.717) is 12.7 Å². The normalized spacial score (nSPS) is 21.5. The zero-order valence-electron chi connectivity index (χ0n) is 11.4. The molecule has 2 nitrogen and oxygen atoms in total. The molecule has 0 heterocycles. The molecule has 0 radical (unpaired) electrons. The Morgan fingerprint density at radius 1 is 0.882 bits per heavy atom. The molecule has 0 saturated heterocycles. The second kappa shape index (κ2) is 9.64. The standard InChI is InChI=1S/C15H28O2/c1-14(16)13-17-15-11-9-7-5-3-2-4-6-8-10-12-15/h15H,2-13H2,1H3. The Bertz CT molecular complexity index is 189. The molecule has 100 valence electrons. The van der Waals surface area contributed by atoms with Gasteiger partial charge in [-0.15, -0.1) is 0 Å². The van der Waals surface area contributed by atoms with Crippen molar-refractivity contribution in [3.8, 4) is 0 Å². The number of rotatable bonds is 3. The molecule has 0 bridgehead atoms. The fourth-order valence-corrected chi connectivity index (χ4v) is 2.53. The Labute approximate surface area is 106 Å². The summed E-state index contributed by atoms with van der Waals surface area (Å²) in [5.41, 5.74) is 0. The lowest BCUT2D eigenvalue weighted by molar-refractivity contribution is -0.123. The SMILES string of the molecule is CC(=O)COC1CCCCCCCCCCC1. The van der Waals surface area contributed by atoms with Gasteiger partial charge in [0.1, 0.15) is 6.61 Å². The molecular formula is C15H28O2. The van der Waals surface area contributed by atoms with Gasteiger partial charge in [0.05, 0.1) is 6.10 Å². The lowest BCUT2D eigenvalue weighted by atomic mass is 9.99. The molecule has 1 rings (SSSR count). The topological polar surface area (TPSA) is 26.3 Å². The van der Waals surface area contributed by atoms with E-state index in [2.05, 4.69) is 0 Å². The van der Waals surface area contributed by atoms with Crippen LogP contribution in [0.4, 0.5) is 0 Å². The highest BCUT2D eigenvalue weighted by Gasteiger charge is 2.10. The van der Waals surface area contributed by atoms with Crippen LogP contribution in [0.2, 0.25) is 0 Å². The van der Waals surface area contributed by atoms with Crippen molar-refractivity contribution in [1.82, 2.24) is 0 Å². The maximum Gasteiger partial charge on any atom is 0.155 e. The van der Waals surface area contributed by atoms with Gasteiger partial charge in [0.15, 0.2) is 5.78 Å². The summed E-state index contributed by atoms with van der Waals surface area (Å²) >= 11 is 0. The van der Waals surface area contributed by atoms with Crippen LogP contribution in [0.15, 0.2) is 0 Å². The van der Waals surface area contributed by atoms with Gasteiger partial charge in [-0.25, -0.2) is 0 Å². The molecule has 0 aromatic carbocycles. The largest absolute Gasteiger partial charge is 0.370 e. The van der Waals surface area contributed by atoms with E-state index in [1.54, 1.807) is 6.92 Å². The van der Waals surface area contributed by atoms with Gasteiger partial charge in [0.2, 0.25) is 0 Å². The number of hydrogen-bond acceptors (Lipinski definition) is 2. The third kappa shape index (κ3) is 8.37. The molecular weight excluding hydrogens is 212 g/mol. The average Bonchev–Trinajstić information content (AvgIpc) is 2.28. The van der Waals surface area contributed by atoms with Crippen molar-refractivity contribution in [3.05, 3.63) is 0 Å². The van der Waals surface area contributed by atoms with Crippen LogP contribution in [-0.4, -0.2) is 18.5 Å². The highest BCUT2D eigenvalue weighted by atomic mass is 16.5. The monoisotopic (exact) mass is 240 g/mol. The molecule has 1 saturated carbocycles. The molecule has 1 aliphatic carbocycles. The van der Waals surface area contributed by atoms with E-state index < -0.39 is 0 Å². The minimum absolute atomic E-state index is 0.149. The van der Waals surface area contributed by atoms with E-state index in [1.165, 1.54) is 57.8 Å². The van der Waals surface area contributed by atoms with Gasteiger partial charge in [0, 0.05) is 0 Å². The fraction of sp³-hybridized carbons (Fsp3) is 0.933. The Hall–Kier alpha value is -0.370. The molecule has 0 atom stereocenters. The van der Waals surface area contributed by atoms with Crippen molar-refractivity contribution < 1.29 is 9.53 Å². The van der Waals surface area contributed by atoms with Crippen molar-refractivity contribution >= 4 is 5.78 Å². The number of ether oxygens (including phenoxy) is 1. The van der Waals surface area contributed by atoms with Gasteiger partial charge >= 0.3 is 0 Å². The first-order valence-electron chi connectivity index (χ1n) is 7.40. The summed E-state index contributed by atoms with van der Waals surface area (Å²) in [6.07, 6.45) is 14.8. The minimum Gasteiger partial charge on any atom is -0.370 e.